The predicted molar refractivity (Wildman–Crippen MR) is 79.9 cm³/mol. The van der Waals surface area contributed by atoms with Crippen molar-refractivity contribution in [2.45, 2.75) is 30.3 Å². The molecular weight excluding hydrogens is 248 g/mol. The molecule has 0 aromatic rings. The Morgan fingerprint density at radius 3 is 2.60 bits per heavy atom. The molecule has 5 atom stereocenters. The van der Waals surface area contributed by atoms with Crippen LogP contribution in [0.3, 0.4) is 0 Å². The summed E-state index contributed by atoms with van der Waals surface area (Å²) in [5.74, 6) is 0.199. The quantitative estimate of drug-likeness (QED) is 0.682. The van der Waals surface area contributed by atoms with E-state index in [1.54, 1.807) is 0 Å². The van der Waals surface area contributed by atoms with Crippen molar-refractivity contribution in [2.75, 3.05) is 6.54 Å². The Morgan fingerprint density at radius 2 is 1.70 bits per heavy atom. The largest absolute Gasteiger partial charge is 0.364 e. The maximum absolute atomic E-state index is 6.88. The highest BCUT2D eigenvalue weighted by Crippen LogP contribution is 2.40. The summed E-state index contributed by atoms with van der Waals surface area (Å²) in [5, 5.41) is 0. The SMILES string of the molecule is NC12CC=CCN1C1C=CC=CC1OC1C=CC=CC12. The summed E-state index contributed by atoms with van der Waals surface area (Å²) < 4.78 is 6.35. The molecule has 2 aliphatic heterocycles. The summed E-state index contributed by atoms with van der Waals surface area (Å²) in [6.45, 7) is 0.889. The molecule has 1 saturated heterocycles. The van der Waals surface area contributed by atoms with E-state index in [9.17, 15) is 0 Å². The van der Waals surface area contributed by atoms with Crippen molar-refractivity contribution in [1.29, 1.82) is 0 Å². The molecule has 2 aliphatic carbocycles. The van der Waals surface area contributed by atoms with E-state index in [1.807, 2.05) is 0 Å². The lowest BCUT2D eigenvalue weighted by Crippen LogP contribution is -2.65. The van der Waals surface area contributed by atoms with Gasteiger partial charge in [-0.05, 0) is 6.42 Å². The van der Waals surface area contributed by atoms with E-state index in [0.717, 1.165) is 13.0 Å². The highest BCUT2D eigenvalue weighted by Gasteiger charge is 2.50. The minimum absolute atomic E-state index is 0.0603. The predicted octanol–water partition coefficient (Wildman–Crippen LogP) is 1.91. The van der Waals surface area contributed by atoms with Gasteiger partial charge in [0.1, 0.15) is 0 Å². The Hall–Kier alpha value is -1.42. The van der Waals surface area contributed by atoms with Gasteiger partial charge in [0.25, 0.3) is 0 Å². The second-order valence-corrected chi connectivity index (χ2v) is 5.94. The zero-order chi connectivity index (χ0) is 13.6. The summed E-state index contributed by atoms with van der Waals surface area (Å²) in [7, 11) is 0. The summed E-state index contributed by atoms with van der Waals surface area (Å²) >= 11 is 0. The van der Waals surface area contributed by atoms with Gasteiger partial charge in [-0.15, -0.1) is 0 Å². The van der Waals surface area contributed by atoms with Gasteiger partial charge in [-0.3, -0.25) is 4.90 Å². The lowest BCUT2D eigenvalue weighted by Gasteiger charge is -2.48. The average molecular weight is 268 g/mol. The van der Waals surface area contributed by atoms with Gasteiger partial charge in [-0.25, -0.2) is 0 Å². The lowest BCUT2D eigenvalue weighted by atomic mass is 9.80. The molecular formula is C17H20N2O. The maximum Gasteiger partial charge on any atom is 0.0959 e. The summed E-state index contributed by atoms with van der Waals surface area (Å²) in [6.07, 6.45) is 22.5. The molecule has 2 N–H and O–H groups in total. The minimum atomic E-state index is -0.365. The molecule has 0 bridgehead atoms. The fourth-order valence-corrected chi connectivity index (χ4v) is 3.81. The molecule has 0 spiro atoms. The smallest absolute Gasteiger partial charge is 0.0959 e. The monoisotopic (exact) mass is 268 g/mol. The normalized spacial score (nSPS) is 45.6. The summed E-state index contributed by atoms with van der Waals surface area (Å²) in [4.78, 5) is 2.41. The van der Waals surface area contributed by atoms with Gasteiger partial charge < -0.3 is 10.5 Å². The van der Waals surface area contributed by atoms with Crippen LogP contribution in [0, 0.1) is 5.92 Å². The van der Waals surface area contributed by atoms with Crippen molar-refractivity contribution < 1.29 is 4.74 Å². The zero-order valence-corrected chi connectivity index (χ0v) is 11.4. The third-order valence-corrected chi connectivity index (χ3v) is 4.84. The molecule has 5 unspecified atom stereocenters. The van der Waals surface area contributed by atoms with E-state index in [-0.39, 0.29) is 29.8 Å². The number of fused-ring (bicyclic) bond motifs is 5. The molecule has 20 heavy (non-hydrogen) atoms. The molecule has 4 rings (SSSR count). The molecule has 0 radical (unpaired) electrons. The van der Waals surface area contributed by atoms with Crippen LogP contribution in [0.5, 0.6) is 0 Å². The number of hydrogen-bond donors (Lipinski definition) is 1. The minimum Gasteiger partial charge on any atom is -0.364 e. The van der Waals surface area contributed by atoms with Gasteiger partial charge in [0.15, 0.2) is 0 Å². The Morgan fingerprint density at radius 1 is 0.950 bits per heavy atom. The van der Waals surface area contributed by atoms with Crippen LogP contribution < -0.4 is 5.73 Å². The molecule has 1 fully saturated rings. The van der Waals surface area contributed by atoms with Gasteiger partial charge in [0.2, 0.25) is 0 Å². The number of ether oxygens (including phenoxy) is 1. The highest BCUT2D eigenvalue weighted by atomic mass is 16.5. The average Bonchev–Trinajstić information content (AvgIpc) is 2.59. The van der Waals surface area contributed by atoms with Crippen molar-refractivity contribution in [1.82, 2.24) is 4.90 Å². The van der Waals surface area contributed by atoms with Gasteiger partial charge in [0, 0.05) is 12.5 Å². The third kappa shape index (κ3) is 1.71. The molecule has 104 valence electrons. The van der Waals surface area contributed by atoms with Crippen molar-refractivity contribution in [3.05, 3.63) is 60.8 Å². The standard InChI is InChI=1S/C17H20N2O/c18-17-11-5-6-12-19(17)14-8-2-4-10-16(14)20-15-9-3-1-7-13(15)17/h1-10,13-16H,11-12,18H2. The summed E-state index contributed by atoms with van der Waals surface area (Å²) in [5.41, 5.74) is 6.51. The Bertz CT molecular complexity index is 545. The van der Waals surface area contributed by atoms with Crippen LogP contribution in [0.1, 0.15) is 6.42 Å². The Labute approximate surface area is 119 Å². The van der Waals surface area contributed by atoms with Gasteiger partial charge in [0.05, 0.1) is 23.9 Å². The summed E-state index contributed by atoms with van der Waals surface area (Å²) in [6, 6.07) is 0.224. The second-order valence-electron chi connectivity index (χ2n) is 5.94. The third-order valence-electron chi connectivity index (χ3n) is 4.84. The molecule has 0 amide bonds. The number of hydrogen-bond acceptors (Lipinski definition) is 3. The maximum atomic E-state index is 6.88. The van der Waals surface area contributed by atoms with Crippen LogP contribution in [0.4, 0.5) is 0 Å². The van der Waals surface area contributed by atoms with E-state index in [4.69, 9.17) is 10.5 Å². The van der Waals surface area contributed by atoms with Crippen LogP contribution >= 0.6 is 0 Å². The highest BCUT2D eigenvalue weighted by molar-refractivity contribution is 5.28. The molecule has 3 nitrogen and oxygen atoms in total. The molecule has 0 aromatic carbocycles. The van der Waals surface area contributed by atoms with Crippen LogP contribution in [-0.4, -0.2) is 35.4 Å². The van der Waals surface area contributed by atoms with Crippen LogP contribution in [-0.2, 0) is 4.74 Å². The fourth-order valence-electron chi connectivity index (χ4n) is 3.81. The molecule has 3 heteroatoms. The van der Waals surface area contributed by atoms with E-state index in [0.29, 0.717) is 0 Å². The Balaban J connectivity index is 1.82. The van der Waals surface area contributed by atoms with E-state index in [1.165, 1.54) is 0 Å². The van der Waals surface area contributed by atoms with Crippen LogP contribution in [0.15, 0.2) is 60.8 Å². The number of nitrogens with two attached hydrogens (primary N) is 1. The fraction of sp³-hybridized carbons (Fsp3) is 0.412. The van der Waals surface area contributed by atoms with Crippen molar-refractivity contribution in [3.63, 3.8) is 0 Å². The van der Waals surface area contributed by atoms with Gasteiger partial charge >= 0.3 is 0 Å². The van der Waals surface area contributed by atoms with E-state index in [2.05, 4.69) is 65.7 Å². The van der Waals surface area contributed by atoms with Crippen molar-refractivity contribution >= 4 is 0 Å². The van der Waals surface area contributed by atoms with Crippen molar-refractivity contribution in [3.8, 4) is 0 Å². The van der Waals surface area contributed by atoms with E-state index >= 15 is 0 Å². The number of nitrogens with zero attached hydrogens (tertiary/aromatic N) is 1. The first-order chi connectivity index (χ1) is 9.79. The van der Waals surface area contributed by atoms with Gasteiger partial charge in [-0.2, -0.15) is 0 Å². The van der Waals surface area contributed by atoms with Crippen LogP contribution in [0.2, 0.25) is 0 Å². The first kappa shape index (κ1) is 12.3. The number of allylic oxidation sites excluding steroid dienone is 4. The topological polar surface area (TPSA) is 38.5 Å². The second kappa shape index (κ2) is 4.55. The molecule has 0 saturated carbocycles. The number of rotatable bonds is 0. The molecule has 2 heterocycles. The van der Waals surface area contributed by atoms with Crippen LogP contribution in [0.25, 0.3) is 0 Å². The van der Waals surface area contributed by atoms with Gasteiger partial charge in [-0.1, -0.05) is 60.8 Å². The molecule has 4 aliphatic rings. The molecule has 0 aromatic heterocycles. The van der Waals surface area contributed by atoms with E-state index < -0.39 is 0 Å². The Kier molecular flexibility index (Phi) is 2.81. The zero-order valence-electron chi connectivity index (χ0n) is 11.4. The first-order valence-electron chi connectivity index (χ1n) is 7.35. The van der Waals surface area contributed by atoms with Crippen molar-refractivity contribution in [2.24, 2.45) is 11.7 Å². The lowest BCUT2D eigenvalue weighted by molar-refractivity contribution is 0.0190. The first-order valence-corrected chi connectivity index (χ1v) is 7.35.